The fourth-order valence-corrected chi connectivity index (χ4v) is 2.83. The van der Waals surface area contributed by atoms with Crippen molar-refractivity contribution in [2.45, 2.75) is 52.1 Å². The molecule has 132 valence electrons. The smallest absolute Gasteiger partial charge is 0.410 e. The summed E-state index contributed by atoms with van der Waals surface area (Å²) in [5.74, 6) is -0.847. The van der Waals surface area contributed by atoms with Gasteiger partial charge in [-0.25, -0.2) is 9.18 Å². The molecule has 1 aliphatic heterocycles. The highest BCUT2D eigenvalue weighted by molar-refractivity contribution is 6.01. The monoisotopic (exact) mass is 335 g/mol. The summed E-state index contributed by atoms with van der Waals surface area (Å²) in [7, 11) is 0. The lowest BCUT2D eigenvalue weighted by Gasteiger charge is -2.33. The number of ketones is 1. The first-order valence-corrected chi connectivity index (χ1v) is 8.53. The van der Waals surface area contributed by atoms with Gasteiger partial charge < -0.3 is 9.64 Å². The lowest BCUT2D eigenvalue weighted by Crippen LogP contribution is -2.43. The molecule has 1 aliphatic carbocycles. The Morgan fingerprint density at radius 3 is 2.50 bits per heavy atom. The number of carbonyl (C=O) groups is 2. The molecule has 5 heteroatoms. The molecule has 24 heavy (non-hydrogen) atoms. The molecular weight excluding hydrogens is 309 g/mol. The van der Waals surface area contributed by atoms with E-state index in [0.29, 0.717) is 32.4 Å². The zero-order valence-electron chi connectivity index (χ0n) is 14.7. The van der Waals surface area contributed by atoms with Crippen LogP contribution in [0.15, 0.2) is 35.7 Å². The van der Waals surface area contributed by atoms with E-state index in [9.17, 15) is 14.0 Å². The molecule has 0 aromatic heterocycles. The van der Waals surface area contributed by atoms with E-state index in [1.54, 1.807) is 17.1 Å². The SMILES string of the molecule is CC(C)(C)OC(=O)N1CCC(C(=O)C2=CC=CCCC=C2F)CC1. The van der Waals surface area contributed by atoms with Crippen molar-refractivity contribution in [2.75, 3.05) is 13.1 Å². The van der Waals surface area contributed by atoms with E-state index >= 15 is 0 Å². The van der Waals surface area contributed by atoms with Crippen LogP contribution in [0, 0.1) is 5.92 Å². The summed E-state index contributed by atoms with van der Waals surface area (Å²) in [6.45, 7) is 6.39. The number of carbonyl (C=O) groups excluding carboxylic acids is 2. The topological polar surface area (TPSA) is 46.6 Å². The van der Waals surface area contributed by atoms with Gasteiger partial charge in [0.1, 0.15) is 11.4 Å². The predicted octanol–water partition coefficient (Wildman–Crippen LogP) is 4.33. The normalized spacial score (nSPS) is 19.9. The van der Waals surface area contributed by atoms with Gasteiger partial charge in [0.15, 0.2) is 5.78 Å². The highest BCUT2D eigenvalue weighted by Gasteiger charge is 2.31. The second kappa shape index (κ2) is 7.77. The van der Waals surface area contributed by atoms with Crippen LogP contribution in [-0.2, 0) is 9.53 Å². The van der Waals surface area contributed by atoms with Gasteiger partial charge in [0.2, 0.25) is 0 Å². The van der Waals surface area contributed by atoms with Crippen LogP contribution in [0.2, 0.25) is 0 Å². The average molecular weight is 335 g/mol. The van der Waals surface area contributed by atoms with Crippen molar-refractivity contribution in [3.05, 3.63) is 35.7 Å². The molecule has 0 unspecified atom stereocenters. The van der Waals surface area contributed by atoms with Gasteiger partial charge in [-0.3, -0.25) is 4.79 Å². The fourth-order valence-electron chi connectivity index (χ4n) is 2.83. The maximum atomic E-state index is 14.1. The molecule has 0 bridgehead atoms. The van der Waals surface area contributed by atoms with E-state index < -0.39 is 11.4 Å². The van der Waals surface area contributed by atoms with Crippen LogP contribution in [0.25, 0.3) is 0 Å². The third kappa shape index (κ3) is 5.05. The largest absolute Gasteiger partial charge is 0.444 e. The summed E-state index contributed by atoms with van der Waals surface area (Å²) >= 11 is 0. The third-order valence-electron chi connectivity index (χ3n) is 4.10. The van der Waals surface area contributed by atoms with Gasteiger partial charge in [0, 0.05) is 19.0 Å². The molecule has 4 nitrogen and oxygen atoms in total. The molecule has 0 aromatic rings. The van der Waals surface area contributed by atoms with E-state index in [0.717, 1.165) is 6.42 Å². The molecule has 2 rings (SSSR count). The number of rotatable bonds is 2. The Kier molecular flexibility index (Phi) is 5.97. The van der Waals surface area contributed by atoms with E-state index in [2.05, 4.69) is 0 Å². The molecule has 1 amide bonds. The maximum Gasteiger partial charge on any atom is 0.410 e. The molecule has 1 saturated heterocycles. The number of ether oxygens (including phenoxy) is 1. The number of allylic oxidation sites excluding steroid dienone is 6. The van der Waals surface area contributed by atoms with Crippen molar-refractivity contribution in [2.24, 2.45) is 5.92 Å². The predicted molar refractivity (Wildman–Crippen MR) is 91.2 cm³/mol. The zero-order valence-corrected chi connectivity index (χ0v) is 14.7. The lowest BCUT2D eigenvalue weighted by atomic mass is 9.87. The molecule has 0 aromatic carbocycles. The number of Topliss-reactive ketones (excluding diaryl/α,β-unsaturated/α-hetero) is 1. The van der Waals surface area contributed by atoms with Gasteiger partial charge in [-0.15, -0.1) is 0 Å². The number of nitrogens with zero attached hydrogens (tertiary/aromatic N) is 1. The third-order valence-corrected chi connectivity index (χ3v) is 4.10. The summed E-state index contributed by atoms with van der Waals surface area (Å²) < 4.78 is 19.5. The molecule has 0 saturated carbocycles. The maximum absolute atomic E-state index is 14.1. The van der Waals surface area contributed by atoms with E-state index in [1.165, 1.54) is 6.08 Å². The standard InChI is InChI=1S/C19H26FNO3/c1-19(2,3)24-18(23)21-12-10-14(11-13-21)17(22)15-8-6-4-5-7-9-16(15)20/h4,6,8-9,14H,5,7,10-13H2,1-3H3. The first-order valence-electron chi connectivity index (χ1n) is 8.53. The van der Waals surface area contributed by atoms with Crippen LogP contribution >= 0.6 is 0 Å². The number of piperidine rings is 1. The molecular formula is C19H26FNO3. The summed E-state index contributed by atoms with van der Waals surface area (Å²) in [6, 6.07) is 0. The van der Waals surface area contributed by atoms with Crippen molar-refractivity contribution < 1.29 is 18.7 Å². The Morgan fingerprint density at radius 1 is 1.21 bits per heavy atom. The van der Waals surface area contributed by atoms with Gasteiger partial charge in [-0.05, 0) is 58.6 Å². The lowest BCUT2D eigenvalue weighted by molar-refractivity contribution is -0.120. The Labute approximate surface area is 143 Å². The van der Waals surface area contributed by atoms with Crippen LogP contribution in [0.5, 0.6) is 0 Å². The quantitative estimate of drug-likeness (QED) is 0.754. The van der Waals surface area contributed by atoms with Gasteiger partial charge in [-0.2, -0.15) is 0 Å². The van der Waals surface area contributed by atoms with Gasteiger partial charge in [-0.1, -0.05) is 12.2 Å². The Balaban J connectivity index is 1.96. The molecule has 0 spiro atoms. The molecule has 1 fully saturated rings. The van der Waals surface area contributed by atoms with Gasteiger partial charge >= 0.3 is 6.09 Å². The highest BCUT2D eigenvalue weighted by atomic mass is 19.1. The Morgan fingerprint density at radius 2 is 1.88 bits per heavy atom. The summed E-state index contributed by atoms with van der Waals surface area (Å²) in [6.07, 6.45) is 8.81. The minimum Gasteiger partial charge on any atom is -0.444 e. The number of hydrogen-bond acceptors (Lipinski definition) is 3. The van der Waals surface area contributed by atoms with Crippen LogP contribution < -0.4 is 0 Å². The minimum absolute atomic E-state index is 0.154. The first kappa shape index (κ1) is 18.4. The van der Waals surface area contributed by atoms with Gasteiger partial charge in [0.25, 0.3) is 0 Å². The van der Waals surface area contributed by atoms with Crippen molar-refractivity contribution in [3.63, 3.8) is 0 Å². The average Bonchev–Trinajstić information content (AvgIpc) is 2.49. The first-order chi connectivity index (χ1) is 11.3. The summed E-state index contributed by atoms with van der Waals surface area (Å²) in [4.78, 5) is 26.3. The second-order valence-electron chi connectivity index (χ2n) is 7.24. The van der Waals surface area contributed by atoms with Crippen molar-refractivity contribution in [3.8, 4) is 0 Å². The summed E-state index contributed by atoms with van der Waals surface area (Å²) in [5.41, 5.74) is -0.380. The summed E-state index contributed by atoms with van der Waals surface area (Å²) in [5, 5.41) is 0. The van der Waals surface area contributed by atoms with Crippen LogP contribution in [0.1, 0.15) is 46.5 Å². The van der Waals surface area contributed by atoms with Crippen LogP contribution in [0.4, 0.5) is 9.18 Å². The molecule has 0 atom stereocenters. The van der Waals surface area contributed by atoms with E-state index in [-0.39, 0.29) is 23.4 Å². The number of hydrogen-bond donors (Lipinski definition) is 0. The van der Waals surface area contributed by atoms with E-state index in [4.69, 9.17) is 4.74 Å². The van der Waals surface area contributed by atoms with Crippen LogP contribution in [-0.4, -0.2) is 35.5 Å². The van der Waals surface area contributed by atoms with E-state index in [1.807, 2.05) is 26.8 Å². The van der Waals surface area contributed by atoms with Crippen molar-refractivity contribution in [1.29, 1.82) is 0 Å². The number of likely N-dealkylation sites (tertiary alicyclic amines) is 1. The van der Waals surface area contributed by atoms with Crippen LogP contribution in [0.3, 0.4) is 0 Å². The molecule has 2 aliphatic rings. The second-order valence-corrected chi connectivity index (χ2v) is 7.24. The molecule has 0 N–H and O–H groups in total. The number of amides is 1. The van der Waals surface area contributed by atoms with Gasteiger partial charge in [0.05, 0.1) is 5.57 Å². The zero-order chi connectivity index (χ0) is 17.7. The fraction of sp³-hybridized carbons (Fsp3) is 0.579. The Bertz CT molecular complexity index is 576. The van der Waals surface area contributed by atoms with Crippen molar-refractivity contribution in [1.82, 2.24) is 4.90 Å². The minimum atomic E-state index is -0.534. The molecule has 1 heterocycles. The van der Waals surface area contributed by atoms with Crippen molar-refractivity contribution >= 4 is 11.9 Å². The Hall–Kier alpha value is -1.91. The number of halogens is 1. The molecule has 0 radical (unpaired) electrons. The highest BCUT2D eigenvalue weighted by Crippen LogP contribution is 2.27.